The zero-order valence-electron chi connectivity index (χ0n) is 14.9. The molecule has 24 heavy (non-hydrogen) atoms. The smallest absolute Gasteiger partial charge is 0.155 e. The van der Waals surface area contributed by atoms with Crippen molar-refractivity contribution in [3.8, 4) is 6.07 Å². The molecule has 0 bridgehead atoms. The molecule has 0 spiro atoms. The highest BCUT2D eigenvalue weighted by atomic mass is 16.1. The fourth-order valence-corrected chi connectivity index (χ4v) is 6.78. The maximum absolute atomic E-state index is 11.9. The Bertz CT molecular complexity index is 723. The Hall–Kier alpha value is -1.62. The van der Waals surface area contributed by atoms with Gasteiger partial charge in [-0.2, -0.15) is 5.26 Å². The second kappa shape index (κ2) is 4.94. The number of fused-ring (bicyclic) bond motifs is 5. The van der Waals surface area contributed by atoms with Crippen LogP contribution in [0.2, 0.25) is 0 Å². The number of rotatable bonds is 0. The fourth-order valence-electron chi connectivity index (χ4n) is 6.78. The molecule has 4 rings (SSSR count). The Morgan fingerprint density at radius 2 is 1.92 bits per heavy atom. The van der Waals surface area contributed by atoms with Crippen molar-refractivity contribution >= 4 is 5.78 Å². The maximum atomic E-state index is 11.9. The predicted octanol–water partition coefficient (Wildman–Crippen LogP) is 4.99. The van der Waals surface area contributed by atoms with E-state index in [9.17, 15) is 10.1 Å². The minimum Gasteiger partial charge on any atom is -0.295 e. The van der Waals surface area contributed by atoms with E-state index in [1.54, 1.807) is 0 Å². The summed E-state index contributed by atoms with van der Waals surface area (Å²) in [4.78, 5) is 11.9. The largest absolute Gasteiger partial charge is 0.295 e. The van der Waals surface area contributed by atoms with Crippen molar-refractivity contribution < 1.29 is 4.79 Å². The van der Waals surface area contributed by atoms with Gasteiger partial charge in [0.25, 0.3) is 0 Å². The van der Waals surface area contributed by atoms with E-state index in [4.69, 9.17) is 0 Å². The first kappa shape index (κ1) is 15.9. The topological polar surface area (TPSA) is 40.9 Å². The monoisotopic (exact) mass is 321 g/mol. The first-order valence-corrected chi connectivity index (χ1v) is 9.34. The van der Waals surface area contributed by atoms with Gasteiger partial charge in [-0.05, 0) is 77.9 Å². The molecule has 3 fully saturated rings. The standard InChI is InChI=1S/C22H27NO/c1-13-14(2)20-17-6-5-15-11-16(24)7-9-21(15,3)18(17)8-10-22(20,4)19(13)12-23/h11,17-20H,1-2,5-10H2,3-4H3/t17-,18+,19+,20+,21+,22-/m1/s1. The van der Waals surface area contributed by atoms with Crippen LogP contribution in [0.15, 0.2) is 36.0 Å². The number of nitriles is 1. The van der Waals surface area contributed by atoms with Crippen molar-refractivity contribution in [3.63, 3.8) is 0 Å². The Morgan fingerprint density at radius 3 is 2.62 bits per heavy atom. The summed E-state index contributed by atoms with van der Waals surface area (Å²) in [6, 6.07) is 2.53. The molecular formula is C22H27NO. The van der Waals surface area contributed by atoms with E-state index in [0.717, 1.165) is 36.8 Å². The molecule has 0 aromatic heterocycles. The molecule has 0 amide bonds. The molecule has 0 radical (unpaired) electrons. The summed E-state index contributed by atoms with van der Waals surface area (Å²) < 4.78 is 0. The van der Waals surface area contributed by atoms with Crippen molar-refractivity contribution in [2.24, 2.45) is 34.5 Å². The summed E-state index contributed by atoms with van der Waals surface area (Å²) in [5.74, 6) is 1.83. The van der Waals surface area contributed by atoms with Crippen LogP contribution in [0.4, 0.5) is 0 Å². The second-order valence-electron chi connectivity index (χ2n) is 9.00. The Labute approximate surface area is 145 Å². The number of nitrogens with zero attached hydrogens (tertiary/aromatic N) is 1. The van der Waals surface area contributed by atoms with Crippen molar-refractivity contribution in [1.29, 1.82) is 5.26 Å². The van der Waals surface area contributed by atoms with E-state index in [0.29, 0.717) is 30.0 Å². The van der Waals surface area contributed by atoms with Crippen LogP contribution >= 0.6 is 0 Å². The predicted molar refractivity (Wildman–Crippen MR) is 94.9 cm³/mol. The zero-order valence-corrected chi connectivity index (χ0v) is 14.9. The van der Waals surface area contributed by atoms with Gasteiger partial charge in [-0.1, -0.05) is 32.6 Å². The maximum Gasteiger partial charge on any atom is 0.155 e. The highest BCUT2D eigenvalue weighted by Gasteiger charge is 2.61. The number of carbonyl (C=O) groups excluding carboxylic acids is 1. The Kier molecular flexibility index (Phi) is 3.27. The summed E-state index contributed by atoms with van der Waals surface area (Å²) in [6.45, 7) is 13.3. The van der Waals surface area contributed by atoms with Gasteiger partial charge in [-0.3, -0.25) is 4.79 Å². The minimum atomic E-state index is -0.0753. The molecule has 2 nitrogen and oxygen atoms in total. The average molecular weight is 321 g/mol. The van der Waals surface area contributed by atoms with E-state index in [1.165, 1.54) is 12.0 Å². The van der Waals surface area contributed by atoms with E-state index >= 15 is 0 Å². The summed E-state index contributed by atoms with van der Waals surface area (Å²) >= 11 is 0. The number of allylic oxidation sites excluding steroid dienone is 3. The summed E-state index contributed by atoms with van der Waals surface area (Å²) in [5, 5.41) is 9.72. The Morgan fingerprint density at radius 1 is 1.17 bits per heavy atom. The number of carbonyl (C=O) groups is 1. The van der Waals surface area contributed by atoms with Gasteiger partial charge in [0.1, 0.15) is 0 Å². The van der Waals surface area contributed by atoms with Crippen LogP contribution in [0.5, 0.6) is 0 Å². The van der Waals surface area contributed by atoms with Crippen LogP contribution in [0, 0.1) is 45.8 Å². The lowest BCUT2D eigenvalue weighted by Gasteiger charge is -2.57. The lowest BCUT2D eigenvalue weighted by molar-refractivity contribution is -0.117. The zero-order chi connectivity index (χ0) is 17.3. The molecule has 0 aromatic carbocycles. The summed E-state index contributed by atoms with van der Waals surface area (Å²) in [7, 11) is 0. The third-order valence-electron chi connectivity index (χ3n) is 8.10. The van der Waals surface area contributed by atoms with Gasteiger partial charge in [-0.25, -0.2) is 0 Å². The van der Waals surface area contributed by atoms with Gasteiger partial charge in [0, 0.05) is 6.42 Å². The van der Waals surface area contributed by atoms with Gasteiger partial charge >= 0.3 is 0 Å². The van der Waals surface area contributed by atoms with Crippen LogP contribution in [-0.2, 0) is 4.79 Å². The molecule has 0 aromatic rings. The molecule has 4 aliphatic carbocycles. The first-order chi connectivity index (χ1) is 11.3. The molecule has 0 unspecified atom stereocenters. The van der Waals surface area contributed by atoms with Crippen LogP contribution in [-0.4, -0.2) is 5.78 Å². The van der Waals surface area contributed by atoms with Crippen molar-refractivity contribution in [1.82, 2.24) is 0 Å². The first-order valence-electron chi connectivity index (χ1n) is 9.34. The summed E-state index contributed by atoms with van der Waals surface area (Å²) in [5.41, 5.74) is 3.69. The van der Waals surface area contributed by atoms with Gasteiger partial charge in [0.05, 0.1) is 12.0 Å². The van der Waals surface area contributed by atoms with Crippen molar-refractivity contribution in [2.45, 2.75) is 52.4 Å². The van der Waals surface area contributed by atoms with Crippen molar-refractivity contribution in [3.05, 3.63) is 36.0 Å². The number of hydrogen-bond acceptors (Lipinski definition) is 2. The highest BCUT2D eigenvalue weighted by Crippen LogP contribution is 2.68. The molecular weight excluding hydrogens is 294 g/mol. The molecule has 0 heterocycles. The molecule has 6 atom stereocenters. The molecule has 126 valence electrons. The van der Waals surface area contributed by atoms with Crippen LogP contribution < -0.4 is 0 Å². The van der Waals surface area contributed by atoms with Gasteiger partial charge < -0.3 is 0 Å². The van der Waals surface area contributed by atoms with Crippen molar-refractivity contribution in [2.75, 3.05) is 0 Å². The SMILES string of the molecule is C=C1C(=C)[C@H]2[C@@H]3CCC4=CC(=O)CC[C@]4(C)[C@H]3CC[C@]2(C)[C@H]1C#N. The van der Waals surface area contributed by atoms with Crippen LogP contribution in [0.1, 0.15) is 52.4 Å². The molecule has 0 aliphatic heterocycles. The fraction of sp³-hybridized carbons (Fsp3) is 0.636. The Balaban J connectivity index is 1.76. The van der Waals surface area contributed by atoms with Crippen LogP contribution in [0.3, 0.4) is 0 Å². The molecule has 0 N–H and O–H groups in total. The third-order valence-corrected chi connectivity index (χ3v) is 8.10. The minimum absolute atomic E-state index is 0.00610. The van der Waals surface area contributed by atoms with E-state index in [1.807, 2.05) is 6.08 Å². The average Bonchev–Trinajstić information content (AvgIpc) is 2.74. The molecule has 2 heteroatoms. The van der Waals surface area contributed by atoms with E-state index < -0.39 is 0 Å². The van der Waals surface area contributed by atoms with Gasteiger partial charge in [0.2, 0.25) is 0 Å². The lowest BCUT2D eigenvalue weighted by atomic mass is 9.46. The van der Waals surface area contributed by atoms with Gasteiger partial charge in [-0.15, -0.1) is 0 Å². The van der Waals surface area contributed by atoms with E-state index in [2.05, 4.69) is 33.1 Å². The van der Waals surface area contributed by atoms with Gasteiger partial charge in [0.15, 0.2) is 5.78 Å². The highest BCUT2D eigenvalue weighted by molar-refractivity contribution is 5.91. The second-order valence-corrected chi connectivity index (χ2v) is 9.00. The number of hydrogen-bond donors (Lipinski definition) is 0. The third kappa shape index (κ3) is 1.79. The number of ketones is 1. The van der Waals surface area contributed by atoms with E-state index in [-0.39, 0.29) is 16.7 Å². The molecule has 3 saturated carbocycles. The lowest BCUT2D eigenvalue weighted by Crippen LogP contribution is -2.50. The van der Waals surface area contributed by atoms with Crippen LogP contribution in [0.25, 0.3) is 0 Å². The normalized spacial score (nSPS) is 47.4. The molecule has 0 saturated heterocycles. The summed E-state index contributed by atoms with van der Waals surface area (Å²) in [6.07, 6.45) is 8.05. The quantitative estimate of drug-likeness (QED) is 0.630. The molecule has 4 aliphatic rings.